The highest BCUT2D eigenvalue weighted by molar-refractivity contribution is 6.16. The van der Waals surface area contributed by atoms with E-state index >= 15 is 0 Å². The van der Waals surface area contributed by atoms with E-state index in [1.807, 2.05) is 49.7 Å². The number of nitrogens with zero attached hydrogens (tertiary/aromatic N) is 4. The maximum atomic E-state index is 13.2. The number of amides is 2. The minimum atomic E-state index is -4.87. The van der Waals surface area contributed by atoms with Gasteiger partial charge in [0.25, 0.3) is 5.91 Å². The normalized spacial score (nSPS) is 20.9. The van der Waals surface area contributed by atoms with Gasteiger partial charge in [-0.25, -0.2) is 4.98 Å². The van der Waals surface area contributed by atoms with Gasteiger partial charge >= 0.3 is 6.36 Å². The van der Waals surface area contributed by atoms with E-state index < -0.39 is 17.7 Å². The molecule has 9 nitrogen and oxygen atoms in total. The first kappa shape index (κ1) is 27.2. The van der Waals surface area contributed by atoms with E-state index in [-0.39, 0.29) is 29.3 Å². The second-order valence-electron chi connectivity index (χ2n) is 10.1. The molecule has 1 fully saturated rings. The topological polar surface area (TPSA) is 101 Å². The maximum Gasteiger partial charge on any atom is 0.573 e. The van der Waals surface area contributed by atoms with Crippen molar-refractivity contribution in [1.82, 2.24) is 14.9 Å². The summed E-state index contributed by atoms with van der Waals surface area (Å²) in [6, 6.07) is 13.5. The molecular weight excluding hydrogens is 525 g/mol. The number of aliphatic imine (C=N–C) groups is 1. The molecule has 0 saturated carbocycles. The summed E-state index contributed by atoms with van der Waals surface area (Å²) in [4.78, 5) is 36.1. The molecule has 2 aliphatic rings. The van der Waals surface area contributed by atoms with Crippen LogP contribution in [-0.2, 0) is 16.6 Å². The fraction of sp³-hybridized carbons (Fsp3) is 0.357. The highest BCUT2D eigenvalue weighted by atomic mass is 19.4. The van der Waals surface area contributed by atoms with E-state index in [0.717, 1.165) is 22.6 Å². The number of hydrogen-bond acceptors (Lipinski definition) is 6. The molecule has 1 aromatic heterocycles. The fourth-order valence-corrected chi connectivity index (χ4v) is 5.58. The van der Waals surface area contributed by atoms with Gasteiger partial charge in [0.1, 0.15) is 17.1 Å². The van der Waals surface area contributed by atoms with Crippen LogP contribution in [0.4, 0.5) is 24.8 Å². The van der Waals surface area contributed by atoms with Crippen molar-refractivity contribution >= 4 is 29.3 Å². The highest BCUT2D eigenvalue weighted by Crippen LogP contribution is 2.39. The molecule has 0 aliphatic carbocycles. The molecule has 210 valence electrons. The zero-order valence-corrected chi connectivity index (χ0v) is 22.5. The number of aromatic nitrogens is 2. The Kier molecular flexibility index (Phi) is 6.80. The Morgan fingerprint density at radius 2 is 1.95 bits per heavy atom. The third-order valence-electron chi connectivity index (χ3n) is 7.29. The Labute approximate surface area is 229 Å². The van der Waals surface area contributed by atoms with Gasteiger partial charge in [-0.1, -0.05) is 24.3 Å². The van der Waals surface area contributed by atoms with Crippen LogP contribution in [0.5, 0.6) is 5.75 Å². The summed E-state index contributed by atoms with van der Waals surface area (Å²) < 4.78 is 44.8. The Morgan fingerprint density at radius 3 is 2.65 bits per heavy atom. The summed E-state index contributed by atoms with van der Waals surface area (Å²) in [6.45, 7) is 5.82. The number of carbonyl (C=O) groups is 2. The summed E-state index contributed by atoms with van der Waals surface area (Å²) in [5.41, 5.74) is 2.52. The predicted octanol–water partition coefficient (Wildman–Crippen LogP) is 4.56. The molecule has 2 aromatic carbocycles. The van der Waals surface area contributed by atoms with Crippen LogP contribution in [0, 0.1) is 6.92 Å². The largest absolute Gasteiger partial charge is 0.573 e. The van der Waals surface area contributed by atoms with Gasteiger partial charge in [-0.15, -0.1) is 13.2 Å². The first-order valence-corrected chi connectivity index (χ1v) is 12.8. The number of alkyl halides is 3. The summed E-state index contributed by atoms with van der Waals surface area (Å²) in [5, 5.41) is 5.44. The number of para-hydroxylation sites is 1. The van der Waals surface area contributed by atoms with Crippen LogP contribution in [-0.4, -0.2) is 51.7 Å². The number of rotatable bonds is 5. The molecule has 5 rings (SSSR count). The van der Waals surface area contributed by atoms with Gasteiger partial charge in [-0.05, 0) is 44.5 Å². The van der Waals surface area contributed by atoms with Crippen molar-refractivity contribution in [3.8, 4) is 17.0 Å². The Morgan fingerprint density at radius 1 is 1.20 bits per heavy atom. The van der Waals surface area contributed by atoms with E-state index in [1.54, 1.807) is 6.07 Å². The fourth-order valence-electron chi connectivity index (χ4n) is 5.58. The first-order valence-electron chi connectivity index (χ1n) is 12.8. The van der Waals surface area contributed by atoms with E-state index in [2.05, 4.69) is 30.2 Å². The maximum absolute atomic E-state index is 13.2. The number of benzene rings is 2. The first-order chi connectivity index (χ1) is 18.9. The van der Waals surface area contributed by atoms with Crippen LogP contribution < -0.4 is 20.3 Å². The summed E-state index contributed by atoms with van der Waals surface area (Å²) in [7, 11) is 1.84. The van der Waals surface area contributed by atoms with Crippen LogP contribution in [0.2, 0.25) is 0 Å². The minimum Gasteiger partial charge on any atom is -0.405 e. The van der Waals surface area contributed by atoms with Crippen molar-refractivity contribution in [3.63, 3.8) is 0 Å². The van der Waals surface area contributed by atoms with Gasteiger partial charge in [-0.3, -0.25) is 19.9 Å². The van der Waals surface area contributed by atoms with E-state index in [0.29, 0.717) is 25.3 Å². The molecule has 0 bridgehead atoms. The molecule has 12 heteroatoms. The standard InChI is InChI=1S/C28H29F3N6O3/c1-16-15-27(25(39)34-24(35-27)21-10-5-6-11-22(21)40-28(29,30)31)12-13-37(16)20-9-7-8-19(14-20)23-17(2)32-26(36(23)4)33-18(3)38/h5-11,14,16H,12-13,15H2,1-4H3,(H,32,33,38)(H,34,35,39)/t16-,27+/m0/s1. The lowest BCUT2D eigenvalue weighted by atomic mass is 9.83. The summed E-state index contributed by atoms with van der Waals surface area (Å²) >= 11 is 0. The van der Waals surface area contributed by atoms with Crippen LogP contribution in [0.25, 0.3) is 11.3 Å². The third-order valence-corrected chi connectivity index (χ3v) is 7.29. The number of piperidine rings is 1. The van der Waals surface area contributed by atoms with Crippen LogP contribution >= 0.6 is 0 Å². The number of anilines is 2. The number of imidazole rings is 1. The quantitative estimate of drug-likeness (QED) is 0.482. The zero-order chi connectivity index (χ0) is 28.8. The van der Waals surface area contributed by atoms with Crippen molar-refractivity contribution in [2.24, 2.45) is 12.0 Å². The number of amidine groups is 1. The van der Waals surface area contributed by atoms with Crippen molar-refractivity contribution in [3.05, 3.63) is 59.8 Å². The second-order valence-corrected chi connectivity index (χ2v) is 10.1. The molecule has 2 atom stereocenters. The lowest BCUT2D eigenvalue weighted by Gasteiger charge is -2.42. The number of hydrogen-bond donors (Lipinski definition) is 2. The van der Waals surface area contributed by atoms with Crippen LogP contribution in [0.3, 0.4) is 0 Å². The SMILES string of the molecule is CC(=O)Nc1nc(C)c(-c2cccc(N3CC[C@]4(C[C@@H]3C)N=C(c3ccccc3OC(F)(F)F)NC4=O)c2)n1C. The molecule has 1 saturated heterocycles. The van der Waals surface area contributed by atoms with E-state index in [9.17, 15) is 22.8 Å². The summed E-state index contributed by atoms with van der Waals surface area (Å²) in [5.74, 6) is -0.417. The average molecular weight is 555 g/mol. The molecule has 2 aliphatic heterocycles. The van der Waals surface area contributed by atoms with Gasteiger partial charge in [-0.2, -0.15) is 0 Å². The lowest BCUT2D eigenvalue weighted by Crippen LogP contribution is -2.53. The number of nitrogens with one attached hydrogen (secondary N) is 2. The molecule has 0 radical (unpaired) electrons. The molecule has 3 aromatic rings. The van der Waals surface area contributed by atoms with Crippen molar-refractivity contribution < 1.29 is 27.5 Å². The monoisotopic (exact) mass is 554 g/mol. The lowest BCUT2D eigenvalue weighted by molar-refractivity contribution is -0.274. The van der Waals surface area contributed by atoms with Crippen molar-refractivity contribution in [2.75, 3.05) is 16.8 Å². The molecule has 2 N–H and O–H groups in total. The summed E-state index contributed by atoms with van der Waals surface area (Å²) in [6.07, 6.45) is -4.10. The van der Waals surface area contributed by atoms with Gasteiger partial charge in [0.2, 0.25) is 11.9 Å². The van der Waals surface area contributed by atoms with Gasteiger partial charge in [0.15, 0.2) is 0 Å². The second kappa shape index (κ2) is 10.00. The van der Waals surface area contributed by atoms with Crippen LogP contribution in [0.15, 0.2) is 53.5 Å². The molecule has 2 amide bonds. The van der Waals surface area contributed by atoms with Gasteiger partial charge in [0, 0.05) is 44.2 Å². The molecular formula is C28H29F3N6O3. The number of halogens is 3. The molecule has 0 unspecified atom stereocenters. The highest BCUT2D eigenvalue weighted by Gasteiger charge is 2.48. The van der Waals surface area contributed by atoms with Gasteiger partial charge < -0.3 is 19.5 Å². The number of ether oxygens (including phenoxy) is 1. The average Bonchev–Trinajstić information content (AvgIpc) is 3.32. The molecule has 1 spiro atoms. The Hall–Kier alpha value is -4.35. The minimum absolute atomic E-state index is 0.0779. The Balaban J connectivity index is 1.39. The predicted molar refractivity (Wildman–Crippen MR) is 144 cm³/mol. The number of aryl methyl sites for hydroxylation is 1. The molecule has 40 heavy (non-hydrogen) atoms. The van der Waals surface area contributed by atoms with Crippen molar-refractivity contribution in [1.29, 1.82) is 0 Å². The van der Waals surface area contributed by atoms with Crippen LogP contribution in [0.1, 0.15) is 37.9 Å². The number of carbonyl (C=O) groups excluding carboxylic acids is 2. The van der Waals surface area contributed by atoms with Crippen molar-refractivity contribution in [2.45, 2.75) is 51.6 Å². The third kappa shape index (κ3) is 5.13. The van der Waals surface area contributed by atoms with E-state index in [4.69, 9.17) is 0 Å². The smallest absolute Gasteiger partial charge is 0.405 e. The Bertz CT molecular complexity index is 1520. The zero-order valence-electron chi connectivity index (χ0n) is 22.5. The van der Waals surface area contributed by atoms with E-state index in [1.165, 1.54) is 25.1 Å². The molecule has 3 heterocycles. The van der Waals surface area contributed by atoms with Gasteiger partial charge in [0.05, 0.1) is 17.0 Å².